The lowest BCUT2D eigenvalue weighted by molar-refractivity contribution is 0.135. The highest BCUT2D eigenvalue weighted by atomic mass is 16.6. The third kappa shape index (κ3) is 4.09. The average molecular weight is 260 g/mol. The van der Waals surface area contributed by atoms with Gasteiger partial charge in [-0.15, -0.1) is 0 Å². The normalized spacial score (nSPS) is 34.7. The van der Waals surface area contributed by atoms with Crippen molar-refractivity contribution < 1.29 is 30.0 Å². The van der Waals surface area contributed by atoms with Crippen LogP contribution in [0.2, 0.25) is 0 Å². The van der Waals surface area contributed by atoms with Crippen molar-refractivity contribution in [2.24, 2.45) is 23.7 Å². The van der Waals surface area contributed by atoms with Gasteiger partial charge in [-0.25, -0.2) is 9.59 Å². The standard InChI is InChI=1S/C10H16.2CH2O3/c1-2-9-7-4-5-8(6-7)10(9)3-1;2*2-1(3)4/h7-10H,1-6H2;2*(H2,2,3,4). The Morgan fingerprint density at radius 1 is 0.722 bits per heavy atom. The summed E-state index contributed by atoms with van der Waals surface area (Å²) in [5.74, 6) is 4.80. The minimum absolute atomic E-state index is 1.19. The van der Waals surface area contributed by atoms with Crippen molar-refractivity contribution in [2.75, 3.05) is 0 Å². The van der Waals surface area contributed by atoms with Gasteiger partial charge in [-0.05, 0) is 55.8 Å². The quantitative estimate of drug-likeness (QED) is 0.531. The van der Waals surface area contributed by atoms with Crippen molar-refractivity contribution in [3.05, 3.63) is 0 Å². The monoisotopic (exact) mass is 260 g/mol. The first-order valence-corrected chi connectivity index (χ1v) is 6.25. The second-order valence-corrected chi connectivity index (χ2v) is 5.16. The third-order valence-corrected chi connectivity index (χ3v) is 4.35. The Morgan fingerprint density at radius 3 is 1.39 bits per heavy atom. The van der Waals surface area contributed by atoms with Crippen LogP contribution in [0, 0.1) is 23.7 Å². The van der Waals surface area contributed by atoms with Gasteiger partial charge in [0.25, 0.3) is 0 Å². The summed E-state index contributed by atoms with van der Waals surface area (Å²) < 4.78 is 0. The third-order valence-electron chi connectivity index (χ3n) is 4.35. The SMILES string of the molecule is C1CC2C3CCC(C3)C2C1.O=C(O)O.O=C(O)O. The molecule has 0 aromatic heterocycles. The van der Waals surface area contributed by atoms with Crippen LogP contribution in [0.5, 0.6) is 0 Å². The molecular weight excluding hydrogens is 240 g/mol. The molecule has 4 N–H and O–H groups in total. The maximum atomic E-state index is 8.56. The van der Waals surface area contributed by atoms with Gasteiger partial charge < -0.3 is 20.4 Å². The lowest BCUT2D eigenvalue weighted by Gasteiger charge is -2.23. The van der Waals surface area contributed by atoms with Gasteiger partial charge >= 0.3 is 12.3 Å². The number of rotatable bonds is 0. The van der Waals surface area contributed by atoms with Crippen LogP contribution in [0.3, 0.4) is 0 Å². The molecule has 0 aromatic rings. The Hall–Kier alpha value is -1.46. The van der Waals surface area contributed by atoms with E-state index >= 15 is 0 Å². The molecule has 0 saturated heterocycles. The van der Waals surface area contributed by atoms with E-state index in [1.165, 1.54) is 23.7 Å². The molecule has 0 heterocycles. The molecule has 3 rings (SSSR count). The highest BCUT2D eigenvalue weighted by molar-refractivity contribution is 5.53. The highest BCUT2D eigenvalue weighted by Crippen LogP contribution is 2.58. The van der Waals surface area contributed by atoms with Crippen LogP contribution >= 0.6 is 0 Å². The van der Waals surface area contributed by atoms with Gasteiger partial charge in [-0.1, -0.05) is 6.42 Å². The van der Waals surface area contributed by atoms with Crippen LogP contribution in [0.1, 0.15) is 38.5 Å². The van der Waals surface area contributed by atoms with E-state index in [0.717, 1.165) is 0 Å². The number of carbonyl (C=O) groups is 2. The molecule has 6 nitrogen and oxygen atoms in total. The summed E-state index contributed by atoms with van der Waals surface area (Å²) in [6.07, 6.45) is 5.87. The summed E-state index contributed by atoms with van der Waals surface area (Å²) >= 11 is 0. The first-order valence-electron chi connectivity index (χ1n) is 6.25. The predicted octanol–water partition coefficient (Wildman–Crippen LogP) is 3.28. The Bertz CT molecular complexity index is 267. The second kappa shape index (κ2) is 6.47. The molecule has 104 valence electrons. The molecule has 4 unspecified atom stereocenters. The lowest BCUT2D eigenvalue weighted by atomic mass is 9.82. The summed E-state index contributed by atoms with van der Waals surface area (Å²) in [6, 6.07) is 0. The molecule has 0 amide bonds. The maximum Gasteiger partial charge on any atom is 0.503 e. The summed E-state index contributed by atoms with van der Waals surface area (Å²) in [5.41, 5.74) is 0. The Morgan fingerprint density at radius 2 is 1.06 bits per heavy atom. The van der Waals surface area contributed by atoms with Crippen molar-refractivity contribution in [1.29, 1.82) is 0 Å². The molecule has 0 spiro atoms. The van der Waals surface area contributed by atoms with Crippen LogP contribution in [0.4, 0.5) is 9.59 Å². The number of hydrogen-bond donors (Lipinski definition) is 4. The van der Waals surface area contributed by atoms with Crippen molar-refractivity contribution in [3.63, 3.8) is 0 Å². The van der Waals surface area contributed by atoms with E-state index in [4.69, 9.17) is 30.0 Å². The highest BCUT2D eigenvalue weighted by Gasteiger charge is 2.48. The fraction of sp³-hybridized carbons (Fsp3) is 0.833. The van der Waals surface area contributed by atoms with Crippen LogP contribution in [0.15, 0.2) is 0 Å². The lowest BCUT2D eigenvalue weighted by Crippen LogP contribution is -2.15. The molecule has 6 heteroatoms. The van der Waals surface area contributed by atoms with Crippen molar-refractivity contribution in [3.8, 4) is 0 Å². The van der Waals surface area contributed by atoms with E-state index in [2.05, 4.69) is 0 Å². The van der Waals surface area contributed by atoms with E-state index in [1.807, 2.05) is 0 Å². The van der Waals surface area contributed by atoms with Crippen molar-refractivity contribution in [1.82, 2.24) is 0 Å². The van der Waals surface area contributed by atoms with Crippen LogP contribution in [-0.2, 0) is 0 Å². The van der Waals surface area contributed by atoms with E-state index in [0.29, 0.717) is 0 Å². The van der Waals surface area contributed by atoms with Crippen molar-refractivity contribution in [2.45, 2.75) is 38.5 Å². The Kier molecular flexibility index (Phi) is 5.25. The number of fused-ring (bicyclic) bond motifs is 5. The zero-order valence-electron chi connectivity index (χ0n) is 10.2. The zero-order valence-corrected chi connectivity index (χ0v) is 10.2. The van der Waals surface area contributed by atoms with Gasteiger partial charge in [-0.2, -0.15) is 0 Å². The van der Waals surface area contributed by atoms with Gasteiger partial charge in [0.2, 0.25) is 0 Å². The summed E-state index contributed by atoms with van der Waals surface area (Å²) in [5, 5.41) is 27.9. The molecule has 3 fully saturated rings. The van der Waals surface area contributed by atoms with Crippen LogP contribution in [0.25, 0.3) is 0 Å². The molecular formula is C12H20O6. The van der Waals surface area contributed by atoms with Gasteiger partial charge in [0.05, 0.1) is 0 Å². The summed E-state index contributed by atoms with van der Waals surface area (Å²) in [6.45, 7) is 0. The molecule has 0 radical (unpaired) electrons. The van der Waals surface area contributed by atoms with Crippen molar-refractivity contribution >= 4 is 12.3 Å². The molecule has 3 aliphatic rings. The topological polar surface area (TPSA) is 115 Å². The molecule has 4 atom stereocenters. The largest absolute Gasteiger partial charge is 0.503 e. The molecule has 18 heavy (non-hydrogen) atoms. The minimum atomic E-state index is -1.83. The molecule has 0 aliphatic heterocycles. The molecule has 3 saturated carbocycles. The molecule has 0 aromatic carbocycles. The van der Waals surface area contributed by atoms with E-state index in [1.54, 1.807) is 38.5 Å². The van der Waals surface area contributed by atoms with Gasteiger partial charge in [0, 0.05) is 0 Å². The molecule has 3 aliphatic carbocycles. The average Bonchev–Trinajstić information content (AvgIpc) is 2.90. The predicted molar refractivity (Wildman–Crippen MR) is 63.0 cm³/mol. The van der Waals surface area contributed by atoms with E-state index in [-0.39, 0.29) is 0 Å². The smallest absolute Gasteiger partial charge is 0.450 e. The minimum Gasteiger partial charge on any atom is -0.450 e. The maximum absolute atomic E-state index is 8.56. The van der Waals surface area contributed by atoms with Crippen LogP contribution in [-0.4, -0.2) is 32.7 Å². The Balaban J connectivity index is 0.000000174. The first kappa shape index (κ1) is 14.6. The summed E-state index contributed by atoms with van der Waals surface area (Å²) in [4.78, 5) is 17.1. The summed E-state index contributed by atoms with van der Waals surface area (Å²) in [7, 11) is 0. The van der Waals surface area contributed by atoms with E-state index < -0.39 is 12.3 Å². The fourth-order valence-electron chi connectivity index (χ4n) is 4.02. The molecule has 2 bridgehead atoms. The fourth-order valence-corrected chi connectivity index (χ4v) is 4.02. The van der Waals surface area contributed by atoms with E-state index in [9.17, 15) is 0 Å². The van der Waals surface area contributed by atoms with Gasteiger partial charge in [0.1, 0.15) is 0 Å². The Labute approximate surface area is 105 Å². The van der Waals surface area contributed by atoms with Gasteiger partial charge in [0.15, 0.2) is 0 Å². The second-order valence-electron chi connectivity index (χ2n) is 5.16. The number of hydrogen-bond acceptors (Lipinski definition) is 2. The van der Waals surface area contributed by atoms with Crippen LogP contribution < -0.4 is 0 Å². The zero-order chi connectivity index (χ0) is 13.7. The first-order chi connectivity index (χ1) is 8.41. The number of carboxylic acid groups (broad SMARTS) is 4. The van der Waals surface area contributed by atoms with Gasteiger partial charge in [-0.3, -0.25) is 0 Å².